The second kappa shape index (κ2) is 10.5. The van der Waals surface area contributed by atoms with Crippen LogP contribution in [0, 0.1) is 0 Å². The van der Waals surface area contributed by atoms with Gasteiger partial charge in [0.25, 0.3) is 5.91 Å². The predicted octanol–water partition coefficient (Wildman–Crippen LogP) is 2.76. The summed E-state index contributed by atoms with van der Waals surface area (Å²) in [7, 11) is 0. The van der Waals surface area contributed by atoms with E-state index < -0.39 is 12.1 Å². The summed E-state index contributed by atoms with van der Waals surface area (Å²) < 4.78 is 6.82. The molecule has 1 N–H and O–H groups in total. The number of hydrazone groups is 1. The van der Waals surface area contributed by atoms with Crippen LogP contribution in [-0.2, 0) is 16.0 Å². The molecule has 4 amide bonds. The van der Waals surface area contributed by atoms with E-state index in [1.54, 1.807) is 36.2 Å². The lowest BCUT2D eigenvalue weighted by Gasteiger charge is -2.28. The van der Waals surface area contributed by atoms with Crippen molar-refractivity contribution in [1.82, 2.24) is 9.91 Å². The maximum absolute atomic E-state index is 13.5. The summed E-state index contributed by atoms with van der Waals surface area (Å²) in [6.45, 7) is 6.62. The second-order valence-corrected chi connectivity index (χ2v) is 8.33. The molecule has 0 radical (unpaired) electrons. The highest BCUT2D eigenvalue weighted by Crippen LogP contribution is 2.22. The SMILES string of the molecule is CCOc1ccc(NC(=O)C[N+]2=C3C(C)=NN(CC)C3C(=O)N(CCc3ccccc3)C2=O)cc1. The number of carbonyl (C=O) groups is 3. The van der Waals surface area contributed by atoms with E-state index in [0.29, 0.717) is 42.4 Å². The number of carbonyl (C=O) groups excluding carboxylic acids is 3. The number of benzene rings is 2. The summed E-state index contributed by atoms with van der Waals surface area (Å²) in [5.74, 6) is 0.0283. The maximum Gasteiger partial charge on any atom is 0.501 e. The number of amides is 4. The number of hydrogen-bond donors (Lipinski definition) is 1. The molecule has 2 aromatic carbocycles. The molecular formula is C26H30N5O4+. The average molecular weight is 477 g/mol. The summed E-state index contributed by atoms with van der Waals surface area (Å²) in [6.07, 6.45) is 0.526. The van der Waals surface area contributed by atoms with Crippen LogP contribution in [0.4, 0.5) is 10.5 Å². The number of urea groups is 1. The van der Waals surface area contributed by atoms with Crippen molar-refractivity contribution in [3.63, 3.8) is 0 Å². The third-order valence-electron chi connectivity index (χ3n) is 6.00. The first-order chi connectivity index (χ1) is 16.9. The molecular weight excluding hydrogens is 446 g/mol. The monoisotopic (exact) mass is 476 g/mol. The second-order valence-electron chi connectivity index (χ2n) is 8.33. The highest BCUT2D eigenvalue weighted by molar-refractivity contribution is 6.48. The molecule has 2 heterocycles. The minimum Gasteiger partial charge on any atom is -0.494 e. The van der Waals surface area contributed by atoms with Gasteiger partial charge in [-0.1, -0.05) is 30.3 Å². The molecule has 9 nitrogen and oxygen atoms in total. The van der Waals surface area contributed by atoms with Gasteiger partial charge in [-0.15, -0.1) is 0 Å². The van der Waals surface area contributed by atoms with Gasteiger partial charge in [-0.2, -0.15) is 19.4 Å². The highest BCUT2D eigenvalue weighted by atomic mass is 16.5. The number of nitrogens with zero attached hydrogens (tertiary/aromatic N) is 4. The summed E-state index contributed by atoms with van der Waals surface area (Å²) in [4.78, 5) is 41.1. The van der Waals surface area contributed by atoms with Gasteiger partial charge in [0, 0.05) is 18.7 Å². The van der Waals surface area contributed by atoms with E-state index in [1.165, 1.54) is 9.48 Å². The third-order valence-corrected chi connectivity index (χ3v) is 6.00. The van der Waals surface area contributed by atoms with Crippen LogP contribution < -0.4 is 10.1 Å². The molecule has 4 rings (SSSR count). The number of rotatable bonds is 9. The number of fused-ring (bicyclic) bond motifs is 1. The van der Waals surface area contributed by atoms with Crippen molar-refractivity contribution in [2.75, 3.05) is 31.6 Å². The van der Waals surface area contributed by atoms with Crippen LogP contribution in [0.5, 0.6) is 5.75 Å². The van der Waals surface area contributed by atoms with Gasteiger partial charge in [0.15, 0.2) is 12.3 Å². The van der Waals surface area contributed by atoms with Crippen LogP contribution in [0.2, 0.25) is 0 Å². The molecule has 35 heavy (non-hydrogen) atoms. The zero-order valence-electron chi connectivity index (χ0n) is 20.2. The quantitative estimate of drug-likeness (QED) is 0.562. The highest BCUT2D eigenvalue weighted by Gasteiger charge is 2.54. The fraction of sp³-hybridized carbons (Fsp3) is 0.346. The Bertz CT molecular complexity index is 1170. The fourth-order valence-corrected chi connectivity index (χ4v) is 4.36. The van der Waals surface area contributed by atoms with Crippen molar-refractivity contribution in [3.8, 4) is 5.75 Å². The Kier molecular flexibility index (Phi) is 7.24. The van der Waals surface area contributed by atoms with Gasteiger partial charge >= 0.3 is 11.9 Å². The number of imide groups is 1. The third kappa shape index (κ3) is 5.08. The number of anilines is 1. The topological polar surface area (TPSA) is 94.3 Å². The van der Waals surface area contributed by atoms with Crippen molar-refractivity contribution in [2.24, 2.45) is 5.10 Å². The molecule has 0 aliphatic carbocycles. The molecule has 0 saturated heterocycles. The molecule has 2 aromatic rings. The van der Waals surface area contributed by atoms with Crippen molar-refractivity contribution in [3.05, 3.63) is 60.2 Å². The Balaban J connectivity index is 1.57. The molecule has 9 heteroatoms. The predicted molar refractivity (Wildman–Crippen MR) is 133 cm³/mol. The van der Waals surface area contributed by atoms with Gasteiger partial charge in [-0.25, -0.2) is 4.79 Å². The lowest BCUT2D eigenvalue weighted by atomic mass is 10.0. The Hall–Kier alpha value is -4.01. The van der Waals surface area contributed by atoms with Gasteiger partial charge in [0.1, 0.15) is 18.0 Å². The zero-order valence-corrected chi connectivity index (χ0v) is 20.2. The lowest BCUT2D eigenvalue weighted by Crippen LogP contribution is -2.61. The number of hydrogen-bond acceptors (Lipinski definition) is 6. The normalized spacial score (nSPS) is 17.5. The Morgan fingerprint density at radius 3 is 2.46 bits per heavy atom. The first-order valence-corrected chi connectivity index (χ1v) is 11.8. The first-order valence-electron chi connectivity index (χ1n) is 11.8. The standard InChI is InChI=1S/C26H29N5O4/c1-4-31-24-23(18(3)28-31)30(17-22(32)27-20-11-13-21(14-12-20)35-5-2)26(34)29(25(24)33)16-15-19-9-7-6-8-10-19/h6-14,24H,4-5,15-17H2,1-3H3/p+1. The smallest absolute Gasteiger partial charge is 0.494 e. The van der Waals surface area contributed by atoms with E-state index in [-0.39, 0.29) is 24.9 Å². The van der Waals surface area contributed by atoms with Gasteiger partial charge in [0.2, 0.25) is 6.04 Å². The fourth-order valence-electron chi connectivity index (χ4n) is 4.36. The van der Waals surface area contributed by atoms with Crippen LogP contribution in [0.1, 0.15) is 26.3 Å². The Morgan fingerprint density at radius 2 is 1.80 bits per heavy atom. The van der Waals surface area contributed by atoms with E-state index in [4.69, 9.17) is 4.74 Å². The van der Waals surface area contributed by atoms with Crippen molar-refractivity contribution in [1.29, 1.82) is 0 Å². The molecule has 0 aromatic heterocycles. The maximum atomic E-state index is 13.5. The molecule has 0 bridgehead atoms. The van der Waals surface area contributed by atoms with Crippen molar-refractivity contribution < 1.29 is 23.7 Å². The van der Waals surface area contributed by atoms with Gasteiger partial charge < -0.3 is 10.1 Å². The van der Waals surface area contributed by atoms with Crippen molar-refractivity contribution >= 4 is 35.0 Å². The number of ether oxygens (including phenoxy) is 1. The molecule has 182 valence electrons. The van der Waals surface area contributed by atoms with E-state index >= 15 is 0 Å². The lowest BCUT2D eigenvalue weighted by molar-refractivity contribution is -0.426. The van der Waals surface area contributed by atoms with Crippen LogP contribution in [-0.4, -0.2) is 76.0 Å². The van der Waals surface area contributed by atoms with Crippen LogP contribution in [0.3, 0.4) is 0 Å². The molecule has 0 saturated carbocycles. The van der Waals surface area contributed by atoms with Crippen LogP contribution in [0.25, 0.3) is 0 Å². The molecule has 1 unspecified atom stereocenters. The average Bonchev–Trinajstić information content (AvgIpc) is 3.20. The number of likely N-dealkylation sites (N-methyl/N-ethyl adjacent to an activating group) is 1. The first kappa shape index (κ1) is 24.1. The summed E-state index contributed by atoms with van der Waals surface area (Å²) in [5.41, 5.74) is 2.65. The Labute approximate surface area is 204 Å². The minimum absolute atomic E-state index is 0.221. The van der Waals surface area contributed by atoms with E-state index in [2.05, 4.69) is 10.4 Å². The van der Waals surface area contributed by atoms with E-state index in [1.807, 2.05) is 44.2 Å². The Morgan fingerprint density at radius 1 is 1.09 bits per heavy atom. The van der Waals surface area contributed by atoms with E-state index in [9.17, 15) is 14.4 Å². The van der Waals surface area contributed by atoms with Crippen LogP contribution >= 0.6 is 0 Å². The molecule has 2 aliphatic heterocycles. The van der Waals surface area contributed by atoms with Gasteiger partial charge in [-0.3, -0.25) is 9.80 Å². The van der Waals surface area contributed by atoms with E-state index in [0.717, 1.165) is 5.56 Å². The van der Waals surface area contributed by atoms with Gasteiger partial charge in [0.05, 0.1) is 6.61 Å². The molecule has 0 fully saturated rings. The largest absolute Gasteiger partial charge is 0.501 e. The van der Waals surface area contributed by atoms with Crippen LogP contribution in [0.15, 0.2) is 59.7 Å². The minimum atomic E-state index is -0.716. The summed E-state index contributed by atoms with van der Waals surface area (Å²) in [5, 5.41) is 8.98. The zero-order chi connectivity index (χ0) is 24.9. The summed E-state index contributed by atoms with van der Waals surface area (Å²) in [6, 6.07) is 15.5. The summed E-state index contributed by atoms with van der Waals surface area (Å²) >= 11 is 0. The number of nitrogens with one attached hydrogen (secondary N) is 1. The molecule has 0 spiro atoms. The van der Waals surface area contributed by atoms with Crippen molar-refractivity contribution in [2.45, 2.75) is 33.2 Å². The molecule has 2 aliphatic rings. The molecule has 1 atom stereocenters. The van der Waals surface area contributed by atoms with Gasteiger partial charge in [-0.05, 0) is 50.6 Å².